The fraction of sp³-hybridized carbons (Fsp3) is 0.138. The minimum Gasteiger partial charge on any atom is -0.438 e. The highest BCUT2D eigenvalue weighted by atomic mass is 32.1. The van der Waals surface area contributed by atoms with Gasteiger partial charge < -0.3 is 15.4 Å². The van der Waals surface area contributed by atoms with E-state index >= 15 is 0 Å². The normalized spacial score (nSPS) is 16.8. The Balaban J connectivity index is 1.40. The SMILES string of the molecule is Cc1cccc(CN2C(=O)O[C@H](c3ccc(NC(=O)c4cccs4)cc3)[C@@H]2C(=O)Nc2ccccc2)c1. The molecule has 1 fully saturated rings. The lowest BCUT2D eigenvalue weighted by molar-refractivity contribution is -0.121. The largest absolute Gasteiger partial charge is 0.438 e. The van der Waals surface area contributed by atoms with E-state index in [2.05, 4.69) is 10.6 Å². The lowest BCUT2D eigenvalue weighted by Crippen LogP contribution is -2.43. The lowest BCUT2D eigenvalue weighted by atomic mass is 10.00. The highest BCUT2D eigenvalue weighted by Gasteiger charge is 2.47. The molecule has 0 aliphatic carbocycles. The Morgan fingerprint density at radius 1 is 0.892 bits per heavy atom. The van der Waals surface area contributed by atoms with Gasteiger partial charge in [-0.15, -0.1) is 11.3 Å². The summed E-state index contributed by atoms with van der Waals surface area (Å²) in [5.74, 6) is -0.538. The third-order valence-corrected chi connectivity index (χ3v) is 6.94. The second-order valence-corrected chi connectivity index (χ2v) is 9.72. The quantitative estimate of drug-likeness (QED) is 0.318. The number of nitrogens with zero attached hydrogens (tertiary/aromatic N) is 1. The molecule has 37 heavy (non-hydrogen) atoms. The van der Waals surface area contributed by atoms with Crippen LogP contribution in [0.15, 0.2) is 96.4 Å². The first kappa shape index (κ1) is 24.3. The first-order valence-corrected chi connectivity index (χ1v) is 12.7. The molecule has 1 aromatic heterocycles. The van der Waals surface area contributed by atoms with Gasteiger partial charge in [0, 0.05) is 11.4 Å². The molecule has 0 spiro atoms. The van der Waals surface area contributed by atoms with Crippen molar-refractivity contribution in [3.05, 3.63) is 118 Å². The fourth-order valence-corrected chi connectivity index (χ4v) is 4.93. The van der Waals surface area contributed by atoms with Crippen LogP contribution in [0.3, 0.4) is 0 Å². The molecule has 8 heteroatoms. The number of rotatable bonds is 7. The summed E-state index contributed by atoms with van der Waals surface area (Å²) in [7, 11) is 0. The summed E-state index contributed by atoms with van der Waals surface area (Å²) in [6.45, 7) is 2.21. The molecule has 5 rings (SSSR count). The molecule has 0 bridgehead atoms. The van der Waals surface area contributed by atoms with E-state index in [4.69, 9.17) is 4.74 Å². The number of cyclic esters (lactones) is 1. The molecule has 3 aromatic carbocycles. The number of benzene rings is 3. The van der Waals surface area contributed by atoms with Gasteiger partial charge in [-0.25, -0.2) is 4.79 Å². The van der Waals surface area contributed by atoms with Gasteiger partial charge in [0.15, 0.2) is 12.1 Å². The summed E-state index contributed by atoms with van der Waals surface area (Å²) in [6.07, 6.45) is -1.38. The predicted molar refractivity (Wildman–Crippen MR) is 144 cm³/mol. The van der Waals surface area contributed by atoms with E-state index in [1.54, 1.807) is 42.5 Å². The number of anilines is 2. The van der Waals surface area contributed by atoms with Gasteiger partial charge >= 0.3 is 6.09 Å². The van der Waals surface area contributed by atoms with Crippen LogP contribution in [0, 0.1) is 6.92 Å². The number of hydrogen-bond donors (Lipinski definition) is 2. The number of thiophene rings is 1. The summed E-state index contributed by atoms with van der Waals surface area (Å²) in [4.78, 5) is 41.0. The molecule has 0 unspecified atom stereocenters. The summed E-state index contributed by atoms with van der Waals surface area (Å²) >= 11 is 1.36. The van der Waals surface area contributed by atoms with Crippen molar-refractivity contribution in [1.82, 2.24) is 4.90 Å². The van der Waals surface area contributed by atoms with Crippen molar-refractivity contribution in [3.63, 3.8) is 0 Å². The highest BCUT2D eigenvalue weighted by molar-refractivity contribution is 7.12. The molecule has 4 aromatic rings. The van der Waals surface area contributed by atoms with Gasteiger partial charge in [0.05, 0.1) is 11.4 Å². The van der Waals surface area contributed by atoms with E-state index in [1.165, 1.54) is 16.2 Å². The van der Waals surface area contributed by atoms with E-state index in [1.807, 2.05) is 60.8 Å². The van der Waals surface area contributed by atoms with Crippen LogP contribution >= 0.6 is 11.3 Å². The number of para-hydroxylation sites is 1. The predicted octanol–water partition coefficient (Wildman–Crippen LogP) is 6.01. The number of aryl methyl sites for hydroxylation is 1. The smallest absolute Gasteiger partial charge is 0.411 e. The average molecular weight is 512 g/mol. The summed E-state index contributed by atoms with van der Waals surface area (Å²) in [6, 6.07) is 26.6. The van der Waals surface area contributed by atoms with E-state index in [0.29, 0.717) is 21.8 Å². The van der Waals surface area contributed by atoms with E-state index in [-0.39, 0.29) is 18.4 Å². The third-order valence-electron chi connectivity index (χ3n) is 6.07. The van der Waals surface area contributed by atoms with Crippen molar-refractivity contribution in [3.8, 4) is 0 Å². The van der Waals surface area contributed by atoms with Crippen LogP contribution in [-0.4, -0.2) is 28.8 Å². The lowest BCUT2D eigenvalue weighted by Gasteiger charge is -2.24. The van der Waals surface area contributed by atoms with Crippen LogP contribution in [0.2, 0.25) is 0 Å². The molecular formula is C29H25N3O4S. The van der Waals surface area contributed by atoms with Gasteiger partial charge in [0.25, 0.3) is 11.8 Å². The molecule has 7 nitrogen and oxygen atoms in total. The number of nitrogens with one attached hydrogen (secondary N) is 2. The van der Waals surface area contributed by atoms with E-state index in [9.17, 15) is 14.4 Å². The number of carbonyl (C=O) groups excluding carboxylic acids is 3. The Morgan fingerprint density at radius 2 is 1.65 bits per heavy atom. The van der Waals surface area contributed by atoms with Gasteiger partial charge in [-0.1, -0.05) is 66.2 Å². The molecule has 0 saturated carbocycles. The third kappa shape index (κ3) is 5.54. The minimum absolute atomic E-state index is 0.195. The Labute approximate surface area is 218 Å². The van der Waals surface area contributed by atoms with E-state index < -0.39 is 18.2 Å². The molecule has 2 N–H and O–H groups in total. The first-order valence-electron chi connectivity index (χ1n) is 11.8. The van der Waals surface area contributed by atoms with E-state index in [0.717, 1.165) is 11.1 Å². The van der Waals surface area contributed by atoms with Crippen molar-refractivity contribution >= 4 is 40.6 Å². The monoisotopic (exact) mass is 511 g/mol. The Kier molecular flexibility index (Phi) is 7.00. The van der Waals surface area contributed by atoms with Crippen LogP contribution in [-0.2, 0) is 16.1 Å². The second-order valence-electron chi connectivity index (χ2n) is 8.77. The second kappa shape index (κ2) is 10.7. The Bertz CT molecular complexity index is 1400. The number of ether oxygens (including phenoxy) is 1. The summed E-state index contributed by atoms with van der Waals surface area (Å²) in [5.41, 5.74) is 3.86. The number of amides is 3. The molecule has 186 valence electrons. The van der Waals surface area contributed by atoms with Crippen molar-refractivity contribution in [2.75, 3.05) is 10.6 Å². The molecule has 1 saturated heterocycles. The van der Waals surface area contributed by atoms with Crippen LogP contribution in [0.4, 0.5) is 16.2 Å². The molecule has 2 heterocycles. The maximum absolute atomic E-state index is 13.5. The van der Waals surface area contributed by atoms with Crippen molar-refractivity contribution in [2.45, 2.75) is 25.6 Å². The van der Waals surface area contributed by atoms with Crippen LogP contribution < -0.4 is 10.6 Å². The van der Waals surface area contributed by atoms with Gasteiger partial charge in [-0.05, 0) is 53.8 Å². The minimum atomic E-state index is -0.889. The fourth-order valence-electron chi connectivity index (χ4n) is 4.31. The number of carbonyl (C=O) groups is 3. The van der Waals surface area contributed by atoms with Gasteiger partial charge in [-0.2, -0.15) is 0 Å². The zero-order valence-electron chi connectivity index (χ0n) is 20.1. The first-order chi connectivity index (χ1) is 18.0. The van der Waals surface area contributed by atoms with Gasteiger partial charge in [0.2, 0.25) is 0 Å². The summed E-state index contributed by atoms with van der Waals surface area (Å²) < 4.78 is 5.75. The van der Waals surface area contributed by atoms with Crippen LogP contribution in [0.5, 0.6) is 0 Å². The maximum atomic E-state index is 13.5. The molecule has 2 atom stereocenters. The van der Waals surface area contributed by atoms with Crippen molar-refractivity contribution in [1.29, 1.82) is 0 Å². The van der Waals surface area contributed by atoms with Crippen LogP contribution in [0.1, 0.15) is 32.5 Å². The van der Waals surface area contributed by atoms with Crippen molar-refractivity contribution < 1.29 is 19.1 Å². The van der Waals surface area contributed by atoms with Crippen LogP contribution in [0.25, 0.3) is 0 Å². The molecule has 0 radical (unpaired) electrons. The number of hydrogen-bond acceptors (Lipinski definition) is 5. The highest BCUT2D eigenvalue weighted by Crippen LogP contribution is 2.35. The zero-order valence-corrected chi connectivity index (χ0v) is 20.9. The Hall–Kier alpha value is -4.43. The Morgan fingerprint density at radius 3 is 2.35 bits per heavy atom. The standard InChI is InChI=1S/C29H25N3O4S/c1-19-7-5-8-20(17-19)18-32-25(28(34)31-22-9-3-2-4-10-22)26(36-29(32)35)21-12-14-23(15-13-21)30-27(33)24-11-6-16-37-24/h2-17,25-26H,18H2,1H3,(H,30,33)(H,31,34)/t25-,26-/m1/s1. The van der Waals surface area contributed by atoms with Gasteiger partial charge in [-0.3, -0.25) is 14.5 Å². The molecule has 1 aliphatic rings. The molecule has 3 amide bonds. The maximum Gasteiger partial charge on any atom is 0.411 e. The average Bonchev–Trinajstić information content (AvgIpc) is 3.54. The molecule has 1 aliphatic heterocycles. The summed E-state index contributed by atoms with van der Waals surface area (Å²) in [5, 5.41) is 7.62. The topological polar surface area (TPSA) is 87.7 Å². The zero-order chi connectivity index (χ0) is 25.8. The van der Waals surface area contributed by atoms with Crippen molar-refractivity contribution in [2.24, 2.45) is 0 Å². The molecular weight excluding hydrogens is 486 g/mol. The van der Waals surface area contributed by atoms with Gasteiger partial charge in [0.1, 0.15) is 0 Å².